The van der Waals surface area contributed by atoms with E-state index >= 15 is 0 Å². The van der Waals surface area contributed by atoms with E-state index in [2.05, 4.69) is 5.32 Å². The van der Waals surface area contributed by atoms with Gasteiger partial charge in [0.05, 0.1) is 7.11 Å². The third kappa shape index (κ3) is 4.45. The Kier molecular flexibility index (Phi) is 5.17. The van der Waals surface area contributed by atoms with Crippen LogP contribution in [0.15, 0.2) is 24.3 Å². The third-order valence-electron chi connectivity index (χ3n) is 2.52. The van der Waals surface area contributed by atoms with E-state index in [0.717, 1.165) is 11.3 Å². The quantitative estimate of drug-likeness (QED) is 0.797. The molecule has 0 saturated heterocycles. The molecule has 1 aromatic carbocycles. The van der Waals surface area contributed by atoms with Crippen LogP contribution in [0.2, 0.25) is 0 Å². The minimum absolute atomic E-state index is 0.255. The average Bonchev–Trinajstić information content (AvgIpc) is 2.36. The van der Waals surface area contributed by atoms with Gasteiger partial charge in [-0.3, -0.25) is 9.59 Å². The zero-order valence-corrected chi connectivity index (χ0v) is 10.5. The lowest BCUT2D eigenvalue weighted by Crippen LogP contribution is -2.38. The molecule has 1 rings (SSSR count). The Hall–Kier alpha value is -2.04. The van der Waals surface area contributed by atoms with Crippen LogP contribution in [0.4, 0.5) is 0 Å². The predicted octanol–water partition coefficient (Wildman–Crippen LogP) is 1.22. The highest BCUT2D eigenvalue weighted by Crippen LogP contribution is 2.13. The van der Waals surface area contributed by atoms with Gasteiger partial charge in [0.1, 0.15) is 11.8 Å². The van der Waals surface area contributed by atoms with Crippen molar-refractivity contribution in [2.75, 3.05) is 7.11 Å². The standard InChI is InChI=1S/C13H17NO4/c1-9(13(16)17)14-12(15)7-6-10-4-3-5-11(8-10)18-2/h3-5,8-9H,6-7H2,1-2H3,(H,14,15)(H,16,17)/t9-/m0/s1. The topological polar surface area (TPSA) is 75.6 Å². The molecule has 2 N–H and O–H groups in total. The summed E-state index contributed by atoms with van der Waals surface area (Å²) in [6.07, 6.45) is 0.806. The fourth-order valence-corrected chi connectivity index (χ4v) is 1.46. The highest BCUT2D eigenvalue weighted by Gasteiger charge is 2.13. The van der Waals surface area contributed by atoms with E-state index in [1.54, 1.807) is 7.11 Å². The number of aliphatic carboxylic acids is 1. The molecule has 0 aliphatic rings. The van der Waals surface area contributed by atoms with Crippen LogP contribution in [0.3, 0.4) is 0 Å². The smallest absolute Gasteiger partial charge is 0.325 e. The Bertz CT molecular complexity index is 431. The van der Waals surface area contributed by atoms with Crippen molar-refractivity contribution in [3.05, 3.63) is 29.8 Å². The Balaban J connectivity index is 2.44. The van der Waals surface area contributed by atoms with Gasteiger partial charge in [0, 0.05) is 6.42 Å². The van der Waals surface area contributed by atoms with E-state index in [1.807, 2.05) is 24.3 Å². The van der Waals surface area contributed by atoms with E-state index in [9.17, 15) is 9.59 Å². The maximum absolute atomic E-state index is 11.5. The largest absolute Gasteiger partial charge is 0.497 e. The van der Waals surface area contributed by atoms with Gasteiger partial charge in [-0.15, -0.1) is 0 Å². The summed E-state index contributed by atoms with van der Waals surface area (Å²) in [7, 11) is 1.58. The Morgan fingerprint density at radius 2 is 2.17 bits per heavy atom. The van der Waals surface area contributed by atoms with Crippen LogP contribution in [-0.2, 0) is 16.0 Å². The lowest BCUT2D eigenvalue weighted by molar-refractivity contribution is -0.141. The van der Waals surface area contributed by atoms with Gasteiger partial charge in [0.25, 0.3) is 0 Å². The number of amides is 1. The van der Waals surface area contributed by atoms with Crippen molar-refractivity contribution in [3.8, 4) is 5.75 Å². The number of carboxylic acids is 1. The Labute approximate surface area is 106 Å². The molecule has 5 heteroatoms. The lowest BCUT2D eigenvalue weighted by atomic mass is 10.1. The number of aryl methyl sites for hydroxylation is 1. The van der Waals surface area contributed by atoms with Crippen LogP contribution >= 0.6 is 0 Å². The summed E-state index contributed by atoms with van der Waals surface area (Å²) in [5, 5.41) is 11.1. The van der Waals surface area contributed by atoms with Crippen LogP contribution in [0.5, 0.6) is 5.75 Å². The molecular formula is C13H17NO4. The molecule has 0 aliphatic carbocycles. The highest BCUT2D eigenvalue weighted by molar-refractivity contribution is 5.83. The van der Waals surface area contributed by atoms with E-state index in [1.165, 1.54) is 6.92 Å². The molecule has 0 saturated carbocycles. The minimum atomic E-state index is -1.04. The first-order valence-corrected chi connectivity index (χ1v) is 5.68. The molecule has 5 nitrogen and oxygen atoms in total. The minimum Gasteiger partial charge on any atom is -0.497 e. The summed E-state index contributed by atoms with van der Waals surface area (Å²) in [5.41, 5.74) is 0.979. The summed E-state index contributed by atoms with van der Waals surface area (Å²) < 4.78 is 5.08. The van der Waals surface area contributed by atoms with Crippen LogP contribution in [0.25, 0.3) is 0 Å². The second-order valence-electron chi connectivity index (χ2n) is 3.98. The van der Waals surface area contributed by atoms with E-state index in [4.69, 9.17) is 9.84 Å². The molecule has 0 bridgehead atoms. The summed E-state index contributed by atoms with van der Waals surface area (Å²) in [6, 6.07) is 6.58. The second-order valence-corrected chi connectivity index (χ2v) is 3.98. The summed E-state index contributed by atoms with van der Waals surface area (Å²) >= 11 is 0. The summed E-state index contributed by atoms with van der Waals surface area (Å²) in [6.45, 7) is 1.44. The summed E-state index contributed by atoms with van der Waals surface area (Å²) in [5.74, 6) is -0.565. The van der Waals surface area contributed by atoms with Crippen molar-refractivity contribution in [2.45, 2.75) is 25.8 Å². The van der Waals surface area contributed by atoms with Crippen molar-refractivity contribution in [2.24, 2.45) is 0 Å². The predicted molar refractivity (Wildman–Crippen MR) is 66.6 cm³/mol. The molecule has 1 amide bonds. The number of nitrogens with one attached hydrogen (secondary N) is 1. The van der Waals surface area contributed by atoms with Crippen molar-refractivity contribution in [3.63, 3.8) is 0 Å². The van der Waals surface area contributed by atoms with Gasteiger partial charge in [-0.05, 0) is 31.0 Å². The first kappa shape index (κ1) is 14.0. The normalized spacial score (nSPS) is 11.7. The molecule has 0 unspecified atom stereocenters. The van der Waals surface area contributed by atoms with Crippen molar-refractivity contribution in [1.29, 1.82) is 0 Å². The zero-order valence-electron chi connectivity index (χ0n) is 10.5. The number of benzene rings is 1. The van der Waals surface area contributed by atoms with E-state index in [-0.39, 0.29) is 12.3 Å². The second kappa shape index (κ2) is 6.64. The summed E-state index contributed by atoms with van der Waals surface area (Å²) in [4.78, 5) is 22.0. The average molecular weight is 251 g/mol. The van der Waals surface area contributed by atoms with Gasteiger partial charge >= 0.3 is 5.97 Å². The molecule has 0 spiro atoms. The zero-order chi connectivity index (χ0) is 13.5. The fourth-order valence-electron chi connectivity index (χ4n) is 1.46. The molecule has 18 heavy (non-hydrogen) atoms. The molecule has 1 aromatic rings. The number of carbonyl (C=O) groups excluding carboxylic acids is 1. The number of rotatable bonds is 6. The number of carboxylic acid groups (broad SMARTS) is 1. The van der Waals surface area contributed by atoms with Crippen LogP contribution in [0.1, 0.15) is 18.9 Å². The molecule has 0 heterocycles. The van der Waals surface area contributed by atoms with Gasteiger partial charge in [-0.2, -0.15) is 0 Å². The third-order valence-corrected chi connectivity index (χ3v) is 2.52. The Morgan fingerprint density at radius 3 is 2.78 bits per heavy atom. The van der Waals surface area contributed by atoms with Crippen molar-refractivity contribution in [1.82, 2.24) is 5.32 Å². The van der Waals surface area contributed by atoms with E-state index < -0.39 is 12.0 Å². The molecule has 1 atom stereocenters. The first-order chi connectivity index (χ1) is 8.52. The van der Waals surface area contributed by atoms with Gasteiger partial charge in [0.2, 0.25) is 5.91 Å². The monoisotopic (exact) mass is 251 g/mol. The Morgan fingerprint density at radius 1 is 1.44 bits per heavy atom. The SMILES string of the molecule is COc1cccc(CCC(=O)N[C@@H](C)C(=O)O)c1. The van der Waals surface area contributed by atoms with Crippen LogP contribution in [0, 0.1) is 0 Å². The van der Waals surface area contributed by atoms with Gasteiger partial charge in [0.15, 0.2) is 0 Å². The highest BCUT2D eigenvalue weighted by atomic mass is 16.5. The molecular weight excluding hydrogens is 234 g/mol. The number of ether oxygens (including phenoxy) is 1. The maximum atomic E-state index is 11.5. The number of carbonyl (C=O) groups is 2. The van der Waals surface area contributed by atoms with Gasteiger partial charge < -0.3 is 15.2 Å². The van der Waals surface area contributed by atoms with Crippen LogP contribution < -0.4 is 10.1 Å². The van der Waals surface area contributed by atoms with Crippen molar-refractivity contribution >= 4 is 11.9 Å². The van der Waals surface area contributed by atoms with Crippen LogP contribution in [-0.4, -0.2) is 30.1 Å². The van der Waals surface area contributed by atoms with Crippen molar-refractivity contribution < 1.29 is 19.4 Å². The fraction of sp³-hybridized carbons (Fsp3) is 0.385. The number of methoxy groups -OCH3 is 1. The maximum Gasteiger partial charge on any atom is 0.325 e. The number of hydrogen-bond acceptors (Lipinski definition) is 3. The van der Waals surface area contributed by atoms with Gasteiger partial charge in [-0.25, -0.2) is 0 Å². The lowest BCUT2D eigenvalue weighted by Gasteiger charge is -2.09. The first-order valence-electron chi connectivity index (χ1n) is 5.68. The molecule has 98 valence electrons. The van der Waals surface area contributed by atoms with Gasteiger partial charge in [-0.1, -0.05) is 12.1 Å². The number of hydrogen-bond donors (Lipinski definition) is 2. The van der Waals surface area contributed by atoms with E-state index in [0.29, 0.717) is 6.42 Å². The molecule has 0 aromatic heterocycles. The molecule has 0 aliphatic heterocycles. The molecule has 0 fully saturated rings. The molecule has 0 radical (unpaired) electrons.